The van der Waals surface area contributed by atoms with Crippen molar-refractivity contribution in [1.29, 1.82) is 0 Å². The number of imidazole rings is 1. The van der Waals surface area contributed by atoms with Crippen LogP contribution in [-0.2, 0) is 51.4 Å². The summed E-state index contributed by atoms with van der Waals surface area (Å²) in [6, 6.07) is 17.6. The van der Waals surface area contributed by atoms with Gasteiger partial charge in [-0.15, -0.1) is 0 Å². The van der Waals surface area contributed by atoms with Gasteiger partial charge in [0.15, 0.2) is 0 Å². The van der Waals surface area contributed by atoms with E-state index in [1.807, 2.05) is 55.7 Å². The number of ether oxygens (including phenoxy) is 2. The van der Waals surface area contributed by atoms with Gasteiger partial charge in [0, 0.05) is 81.0 Å². The lowest BCUT2D eigenvalue weighted by atomic mass is 10.0. The van der Waals surface area contributed by atoms with Crippen molar-refractivity contribution in [3.8, 4) is 11.3 Å². The quantitative estimate of drug-likeness (QED) is 0.0194. The maximum Gasteiger partial charge on any atom is 0.407 e. The normalized spacial score (nSPS) is 14.7. The molecule has 0 spiro atoms. The number of alkyl carbamates (subject to hydrolysis) is 1. The van der Waals surface area contributed by atoms with E-state index in [9.17, 15) is 47.1 Å². The number of hydrogen-bond acceptors (Lipinski definition) is 11. The number of benzene rings is 3. The third-order valence-corrected chi connectivity index (χ3v) is 13.5. The molecule has 7 N–H and O–H groups in total. The minimum Gasteiger partial charge on any atom is -0.445 e. The molecule has 438 valence electrons. The van der Waals surface area contributed by atoms with Gasteiger partial charge in [-0.05, 0) is 105 Å². The zero-order valence-electron chi connectivity index (χ0n) is 47.0. The molecular weight excluding hydrogens is 1050 g/mol. The lowest BCUT2D eigenvalue weighted by Gasteiger charge is -2.32. The first-order valence-corrected chi connectivity index (χ1v) is 27.6. The molecule has 1 aromatic heterocycles. The molecule has 0 radical (unpaired) electrons. The highest BCUT2D eigenvalue weighted by Gasteiger charge is 2.45. The van der Waals surface area contributed by atoms with Crippen molar-refractivity contribution in [3.63, 3.8) is 0 Å². The van der Waals surface area contributed by atoms with Gasteiger partial charge in [-0.2, -0.15) is 0 Å². The fraction of sp³-hybridized carbons (Fsp3) is 0.475. The first-order valence-electron chi connectivity index (χ1n) is 27.6. The summed E-state index contributed by atoms with van der Waals surface area (Å²) in [6.07, 6.45) is 11.4. The molecule has 3 aromatic carbocycles. The second kappa shape index (κ2) is 32.3. The van der Waals surface area contributed by atoms with Crippen LogP contribution < -0.4 is 32.3 Å². The van der Waals surface area contributed by atoms with Crippen molar-refractivity contribution in [1.82, 2.24) is 40.6 Å². The fourth-order valence-corrected chi connectivity index (χ4v) is 8.91. The largest absolute Gasteiger partial charge is 0.445 e. The molecule has 3 heterocycles. The lowest BCUT2D eigenvalue weighted by Crippen LogP contribution is -2.51. The summed E-state index contributed by atoms with van der Waals surface area (Å²) in [5.41, 5.74) is 6.46. The topological polar surface area (TPSA) is 265 Å². The van der Waals surface area contributed by atoms with Crippen molar-refractivity contribution >= 4 is 53.8 Å². The SMILES string of the molecule is C1CCOC1.CC(C)C(NC(=O)CCCCCN1C(=O)C=CC1=O)C(=O)NCC(=O)Nc1ccc(COC(=O)NC2(CCN(C=O)C(c3nc(-c4cc(F)ccc4F)cn3Cc3ccccc3)C(C)C)CC2)cc1.CCCNC(N)=O. The smallest absolute Gasteiger partial charge is 0.407 e. The number of rotatable bonds is 27. The number of nitrogens with zero attached hydrogens (tertiary/aromatic N) is 4. The Labute approximate surface area is 472 Å². The predicted molar refractivity (Wildman–Crippen MR) is 300 cm³/mol. The first kappa shape index (κ1) is 63.8. The van der Waals surface area contributed by atoms with Gasteiger partial charge in [0.2, 0.25) is 24.1 Å². The number of unbranched alkanes of at least 4 members (excludes halogenated alkanes) is 2. The number of urea groups is 1. The van der Waals surface area contributed by atoms with Crippen molar-refractivity contribution < 1.29 is 56.6 Å². The molecule has 1 saturated carbocycles. The number of hydrogen-bond donors (Lipinski definition) is 6. The summed E-state index contributed by atoms with van der Waals surface area (Å²) >= 11 is 0. The maximum atomic E-state index is 15.0. The van der Waals surface area contributed by atoms with Crippen LogP contribution in [-0.4, -0.2) is 118 Å². The highest BCUT2D eigenvalue weighted by Crippen LogP contribution is 2.40. The second-order valence-corrected chi connectivity index (χ2v) is 20.8. The number of primary amides is 1. The Morgan fingerprint density at radius 2 is 1.56 bits per heavy atom. The lowest BCUT2D eigenvalue weighted by molar-refractivity contribution is -0.137. The van der Waals surface area contributed by atoms with E-state index in [0.717, 1.165) is 54.7 Å². The molecule has 2 fully saturated rings. The van der Waals surface area contributed by atoms with Crippen LogP contribution >= 0.6 is 0 Å². The van der Waals surface area contributed by atoms with Crippen LogP contribution in [0.5, 0.6) is 0 Å². The van der Waals surface area contributed by atoms with Crippen LogP contribution in [0.1, 0.15) is 122 Å². The highest BCUT2D eigenvalue weighted by molar-refractivity contribution is 6.12. The van der Waals surface area contributed by atoms with E-state index in [2.05, 4.69) is 26.6 Å². The Hall–Kier alpha value is -8.01. The minimum atomic E-state index is -0.865. The Morgan fingerprint density at radius 3 is 2.14 bits per heavy atom. The number of carbonyl (C=O) groups is 8. The Kier molecular flexibility index (Phi) is 25.4. The van der Waals surface area contributed by atoms with Crippen molar-refractivity contribution in [2.24, 2.45) is 17.6 Å². The van der Waals surface area contributed by atoms with Crippen LogP contribution in [0.3, 0.4) is 0 Å². The predicted octanol–water partition coefficient (Wildman–Crippen LogP) is 7.42. The van der Waals surface area contributed by atoms with Crippen LogP contribution in [0.25, 0.3) is 11.3 Å². The summed E-state index contributed by atoms with van der Waals surface area (Å²) in [4.78, 5) is 105. The zero-order valence-corrected chi connectivity index (χ0v) is 47.0. The zero-order chi connectivity index (χ0) is 58.9. The van der Waals surface area contributed by atoms with Gasteiger partial charge in [0.05, 0.1) is 18.3 Å². The minimum absolute atomic E-state index is 0.0135. The third-order valence-electron chi connectivity index (χ3n) is 13.5. The molecule has 7 rings (SSSR count). The van der Waals surface area contributed by atoms with Gasteiger partial charge in [0.25, 0.3) is 11.8 Å². The first-order chi connectivity index (χ1) is 38.8. The van der Waals surface area contributed by atoms with E-state index in [4.69, 9.17) is 20.2 Å². The number of imide groups is 1. The summed E-state index contributed by atoms with van der Waals surface area (Å²) in [6.45, 7) is 12.7. The molecule has 20 nitrogen and oxygen atoms in total. The van der Waals surface area contributed by atoms with Gasteiger partial charge in [-0.3, -0.25) is 33.7 Å². The molecule has 2 unspecified atom stereocenters. The average molecular weight is 1130 g/mol. The van der Waals surface area contributed by atoms with Gasteiger partial charge in [-0.1, -0.05) is 83.5 Å². The third kappa shape index (κ3) is 21.2. The molecule has 9 amide bonds. The van der Waals surface area contributed by atoms with E-state index in [1.165, 1.54) is 25.0 Å². The average Bonchev–Trinajstić information content (AvgIpc) is 4.04. The number of anilines is 1. The molecule has 4 aromatic rings. The van der Waals surface area contributed by atoms with E-state index >= 15 is 0 Å². The van der Waals surface area contributed by atoms with Crippen molar-refractivity contribution in [2.75, 3.05) is 44.7 Å². The standard InChI is InChI=1S/C51H60F2N8O8.C4H10N2O.C4H8O/c1-33(2)46(57-42(63)13-9-6-10-25-61-44(65)20-21-45(61)66)49(67)54-28-43(64)55-38-17-14-36(15-18-38)31-69-50(68)58-51(22-23-51)24-26-59(32-62)47(34(3)4)48-56-41(39-27-37(52)16-19-40(39)53)30-60(48)29-35-11-7-5-8-12-35;1-2-3-6-4(5)7;1-2-4-5-3-1/h5,7-8,11-12,14-21,27,30,32-34,46-47H,6,9-10,13,22-26,28-29,31H2,1-4H3,(H,54,67)(H,55,64)(H,57,63)(H,58,68);2-3H2,1H3,(H3,5,6,7);1-4H2. The maximum absolute atomic E-state index is 15.0. The summed E-state index contributed by atoms with van der Waals surface area (Å²) < 4.78 is 41.6. The summed E-state index contributed by atoms with van der Waals surface area (Å²) in [5, 5.41) is 13.4. The van der Waals surface area contributed by atoms with Crippen molar-refractivity contribution in [3.05, 3.63) is 120 Å². The van der Waals surface area contributed by atoms with Crippen LogP contribution in [0.2, 0.25) is 0 Å². The van der Waals surface area contributed by atoms with Crippen molar-refractivity contribution in [2.45, 2.75) is 130 Å². The van der Waals surface area contributed by atoms with Crippen LogP contribution in [0, 0.1) is 23.5 Å². The van der Waals surface area contributed by atoms with Crippen LogP contribution in [0.4, 0.5) is 24.1 Å². The van der Waals surface area contributed by atoms with Gasteiger partial charge in [0.1, 0.15) is 30.1 Å². The highest BCUT2D eigenvalue weighted by atomic mass is 19.1. The second-order valence-electron chi connectivity index (χ2n) is 20.8. The molecule has 2 atom stereocenters. The number of halogens is 2. The molecule has 2 aliphatic heterocycles. The molecular formula is C59H78F2N10O10. The molecule has 3 aliphatic rings. The van der Waals surface area contributed by atoms with E-state index in [-0.39, 0.29) is 73.5 Å². The number of amides is 9. The Morgan fingerprint density at radius 1 is 0.864 bits per heavy atom. The van der Waals surface area contributed by atoms with E-state index in [0.29, 0.717) is 68.7 Å². The van der Waals surface area contributed by atoms with E-state index < -0.39 is 53.2 Å². The molecule has 1 aliphatic carbocycles. The molecule has 81 heavy (non-hydrogen) atoms. The molecule has 1 saturated heterocycles. The molecule has 22 heteroatoms. The van der Waals surface area contributed by atoms with E-state index in [1.54, 1.807) is 49.2 Å². The number of nitrogens with one attached hydrogen (secondary N) is 5. The summed E-state index contributed by atoms with van der Waals surface area (Å²) in [7, 11) is 0. The molecule has 0 bridgehead atoms. The van der Waals surface area contributed by atoms with Gasteiger partial charge >= 0.3 is 12.1 Å². The summed E-state index contributed by atoms with van der Waals surface area (Å²) in [5.74, 6) is -3.10. The fourth-order valence-electron chi connectivity index (χ4n) is 8.91. The Bertz CT molecular complexity index is 2740. The monoisotopic (exact) mass is 1120 g/mol. The van der Waals surface area contributed by atoms with Gasteiger partial charge < -0.3 is 51.3 Å². The number of carbonyl (C=O) groups excluding carboxylic acids is 8. The van der Waals surface area contributed by atoms with Gasteiger partial charge in [-0.25, -0.2) is 23.4 Å². The van der Waals surface area contributed by atoms with Crippen LogP contribution in [0.15, 0.2) is 91.1 Å². The number of aromatic nitrogens is 2. The number of nitrogens with two attached hydrogens (primary N) is 1. The Balaban J connectivity index is 0.000000894.